The molecule has 1 saturated heterocycles. The van der Waals surface area contributed by atoms with Crippen LogP contribution in [0.4, 0.5) is 5.69 Å². The van der Waals surface area contributed by atoms with E-state index in [0.29, 0.717) is 16.8 Å². The first-order valence-electron chi connectivity index (χ1n) is 10.7. The summed E-state index contributed by atoms with van der Waals surface area (Å²) in [6.07, 6.45) is 0. The summed E-state index contributed by atoms with van der Waals surface area (Å²) in [5.41, 5.74) is 1.27. The average Bonchev–Trinajstić information content (AvgIpc) is 3.13. The number of fused-ring (bicyclic) bond motifs is 1. The van der Waals surface area contributed by atoms with Crippen molar-refractivity contribution >= 4 is 43.9 Å². The second kappa shape index (κ2) is 8.50. The van der Waals surface area contributed by atoms with Crippen LogP contribution in [-0.2, 0) is 19.6 Å². The minimum atomic E-state index is -3.93. The Morgan fingerprint density at radius 1 is 0.800 bits per heavy atom. The summed E-state index contributed by atoms with van der Waals surface area (Å²) in [5.74, 6) is -1.95. The highest BCUT2D eigenvalue weighted by Crippen LogP contribution is 2.42. The van der Waals surface area contributed by atoms with Gasteiger partial charge in [-0.05, 0) is 46.7 Å². The molecule has 0 aliphatic carbocycles. The Morgan fingerprint density at radius 2 is 1.43 bits per heavy atom. The fourth-order valence-corrected chi connectivity index (χ4v) is 4.85. The van der Waals surface area contributed by atoms with E-state index in [9.17, 15) is 23.1 Å². The van der Waals surface area contributed by atoms with Crippen LogP contribution < -0.4 is 10.0 Å². The molecule has 0 aromatic heterocycles. The van der Waals surface area contributed by atoms with E-state index in [1.165, 1.54) is 29.2 Å². The van der Waals surface area contributed by atoms with Crippen molar-refractivity contribution in [2.24, 2.45) is 5.14 Å². The molecule has 4 aromatic carbocycles. The van der Waals surface area contributed by atoms with Gasteiger partial charge in [-0.1, -0.05) is 66.7 Å². The molecule has 1 aliphatic rings. The van der Waals surface area contributed by atoms with Crippen LogP contribution in [-0.4, -0.2) is 25.2 Å². The third kappa shape index (κ3) is 3.99. The zero-order valence-electron chi connectivity index (χ0n) is 18.3. The van der Waals surface area contributed by atoms with Crippen LogP contribution in [0.15, 0.2) is 108 Å². The molecule has 8 heteroatoms. The van der Waals surface area contributed by atoms with Crippen LogP contribution in [0, 0.1) is 0 Å². The van der Waals surface area contributed by atoms with Crippen molar-refractivity contribution in [1.29, 1.82) is 0 Å². The summed E-state index contributed by atoms with van der Waals surface area (Å²) >= 11 is 0. The topological polar surface area (TPSA) is 118 Å². The Hall–Kier alpha value is -4.27. The highest BCUT2D eigenvalue weighted by molar-refractivity contribution is 7.89. The minimum Gasteiger partial charge on any atom is -0.507 e. The second-order valence-corrected chi connectivity index (χ2v) is 9.74. The standard InChI is InChI=1S/C27H20N2O5S/c28-35(33,34)22-14-12-21(13-15-22)29-24(18-7-2-1-3-8-18)23(26(31)27(29)32)25(30)20-11-10-17-6-4-5-9-19(17)16-20/h1-16,24,30H,(H2,28,33,34)/b25-23-. The molecule has 1 aliphatic heterocycles. The van der Waals surface area contributed by atoms with Gasteiger partial charge in [0.1, 0.15) is 5.76 Å². The van der Waals surface area contributed by atoms with Gasteiger partial charge in [0.15, 0.2) is 0 Å². The first kappa shape index (κ1) is 22.5. The Labute approximate surface area is 201 Å². The monoisotopic (exact) mass is 484 g/mol. The molecule has 5 rings (SSSR count). The molecule has 1 atom stereocenters. The average molecular weight is 485 g/mol. The maximum atomic E-state index is 13.3. The molecule has 0 spiro atoms. The van der Waals surface area contributed by atoms with Gasteiger partial charge in [0, 0.05) is 11.3 Å². The number of rotatable bonds is 4. The van der Waals surface area contributed by atoms with Gasteiger partial charge in [-0.2, -0.15) is 0 Å². The number of sulfonamides is 1. The lowest BCUT2D eigenvalue weighted by Crippen LogP contribution is -2.29. The van der Waals surface area contributed by atoms with Gasteiger partial charge >= 0.3 is 0 Å². The number of hydrogen-bond donors (Lipinski definition) is 2. The normalized spacial score (nSPS) is 17.7. The highest BCUT2D eigenvalue weighted by Gasteiger charge is 2.46. The minimum absolute atomic E-state index is 0.0491. The smallest absolute Gasteiger partial charge is 0.300 e. The molecule has 7 nitrogen and oxygen atoms in total. The maximum absolute atomic E-state index is 13.3. The van der Waals surface area contributed by atoms with E-state index in [2.05, 4.69) is 0 Å². The first-order valence-corrected chi connectivity index (χ1v) is 12.3. The van der Waals surface area contributed by atoms with Crippen molar-refractivity contribution in [1.82, 2.24) is 0 Å². The number of aliphatic hydroxyl groups is 1. The largest absolute Gasteiger partial charge is 0.507 e. The van der Waals surface area contributed by atoms with Crippen molar-refractivity contribution in [3.8, 4) is 0 Å². The number of ketones is 1. The fraction of sp³-hybridized carbons (Fsp3) is 0.0370. The molecule has 35 heavy (non-hydrogen) atoms. The van der Waals surface area contributed by atoms with Gasteiger partial charge in [0.25, 0.3) is 11.7 Å². The number of hydrogen-bond acceptors (Lipinski definition) is 5. The van der Waals surface area contributed by atoms with E-state index >= 15 is 0 Å². The molecular weight excluding hydrogens is 464 g/mol. The summed E-state index contributed by atoms with van der Waals surface area (Å²) in [4.78, 5) is 27.6. The lowest BCUT2D eigenvalue weighted by Gasteiger charge is -2.25. The summed E-state index contributed by atoms with van der Waals surface area (Å²) in [6.45, 7) is 0. The van der Waals surface area contributed by atoms with Gasteiger partial charge in [-0.15, -0.1) is 0 Å². The van der Waals surface area contributed by atoms with Gasteiger partial charge in [0.2, 0.25) is 10.0 Å². The van der Waals surface area contributed by atoms with Crippen LogP contribution in [0.5, 0.6) is 0 Å². The lowest BCUT2D eigenvalue weighted by molar-refractivity contribution is -0.132. The van der Waals surface area contributed by atoms with E-state index in [1.807, 2.05) is 30.3 Å². The number of nitrogens with zero attached hydrogens (tertiary/aromatic N) is 1. The molecule has 1 fully saturated rings. The number of primary sulfonamides is 1. The number of aliphatic hydroxyl groups excluding tert-OH is 1. The number of carbonyl (C=O) groups is 2. The molecule has 0 bridgehead atoms. The third-order valence-corrected chi connectivity index (χ3v) is 6.96. The van der Waals surface area contributed by atoms with Crippen LogP contribution in [0.25, 0.3) is 16.5 Å². The van der Waals surface area contributed by atoms with Gasteiger partial charge in [0.05, 0.1) is 16.5 Å². The van der Waals surface area contributed by atoms with Crippen LogP contribution >= 0.6 is 0 Å². The van der Waals surface area contributed by atoms with Crippen molar-refractivity contribution in [2.75, 3.05) is 4.90 Å². The molecule has 1 heterocycles. The van der Waals surface area contributed by atoms with Crippen molar-refractivity contribution in [2.45, 2.75) is 10.9 Å². The summed E-state index contributed by atoms with van der Waals surface area (Å²) in [7, 11) is -3.93. The third-order valence-electron chi connectivity index (χ3n) is 6.03. The van der Waals surface area contributed by atoms with Crippen LogP contribution in [0.2, 0.25) is 0 Å². The molecule has 0 saturated carbocycles. The Kier molecular flexibility index (Phi) is 5.47. The van der Waals surface area contributed by atoms with Crippen LogP contribution in [0.3, 0.4) is 0 Å². The van der Waals surface area contributed by atoms with E-state index in [0.717, 1.165) is 10.8 Å². The quantitative estimate of drug-likeness (QED) is 0.257. The molecule has 174 valence electrons. The Morgan fingerprint density at radius 3 is 2.09 bits per heavy atom. The van der Waals surface area contributed by atoms with E-state index in [1.54, 1.807) is 42.5 Å². The number of anilines is 1. The SMILES string of the molecule is NS(=O)(=O)c1ccc(N2C(=O)C(=O)/C(=C(\O)c3ccc4ccccc4c3)C2c2ccccc2)cc1. The predicted octanol–water partition coefficient (Wildman–Crippen LogP) is 4.11. The second-order valence-electron chi connectivity index (χ2n) is 8.18. The molecule has 1 unspecified atom stereocenters. The molecule has 0 radical (unpaired) electrons. The van der Waals surface area contributed by atoms with Crippen LogP contribution in [0.1, 0.15) is 17.2 Å². The van der Waals surface area contributed by atoms with Crippen molar-refractivity contribution in [3.05, 3.63) is 114 Å². The Balaban J connectivity index is 1.69. The first-order chi connectivity index (χ1) is 16.8. The number of benzene rings is 4. The molecular formula is C27H20N2O5S. The number of amides is 1. The predicted molar refractivity (Wildman–Crippen MR) is 133 cm³/mol. The summed E-state index contributed by atoms with van der Waals surface area (Å²) in [5, 5.41) is 18.3. The van der Waals surface area contributed by atoms with E-state index < -0.39 is 27.8 Å². The Bertz CT molecular complexity index is 1610. The summed E-state index contributed by atoms with van der Waals surface area (Å²) < 4.78 is 23.3. The number of carbonyl (C=O) groups excluding carboxylic acids is 2. The van der Waals surface area contributed by atoms with Gasteiger partial charge in [-0.3, -0.25) is 14.5 Å². The maximum Gasteiger partial charge on any atom is 0.300 e. The highest BCUT2D eigenvalue weighted by atomic mass is 32.2. The van der Waals surface area contributed by atoms with E-state index in [4.69, 9.17) is 5.14 Å². The van der Waals surface area contributed by atoms with Crippen molar-refractivity contribution in [3.63, 3.8) is 0 Å². The zero-order chi connectivity index (χ0) is 24.7. The number of nitrogens with two attached hydrogens (primary N) is 1. The van der Waals surface area contributed by atoms with E-state index in [-0.39, 0.29) is 16.2 Å². The van der Waals surface area contributed by atoms with Crippen molar-refractivity contribution < 1.29 is 23.1 Å². The van der Waals surface area contributed by atoms with Gasteiger partial charge in [-0.25, -0.2) is 13.6 Å². The van der Waals surface area contributed by atoms with Gasteiger partial charge < -0.3 is 5.11 Å². The fourth-order valence-electron chi connectivity index (χ4n) is 4.34. The molecule has 4 aromatic rings. The summed E-state index contributed by atoms with van der Waals surface area (Å²) in [6, 6.07) is 26.3. The molecule has 3 N–H and O–H groups in total. The lowest BCUT2D eigenvalue weighted by atomic mass is 9.94. The zero-order valence-corrected chi connectivity index (χ0v) is 19.1. The molecule has 1 amide bonds. The number of Topliss-reactive ketones (excluding diaryl/α,β-unsaturated/α-hetero) is 1.